The number of benzene rings is 2. The van der Waals surface area contributed by atoms with Gasteiger partial charge in [0.05, 0.1) is 0 Å². The van der Waals surface area contributed by atoms with Crippen LogP contribution in [-0.2, 0) is 11.2 Å². The van der Waals surface area contributed by atoms with Crippen LogP contribution in [-0.4, -0.2) is 36.5 Å². The van der Waals surface area contributed by atoms with Crippen LogP contribution in [0.4, 0.5) is 0 Å². The summed E-state index contributed by atoms with van der Waals surface area (Å²) in [6.07, 6.45) is 0.942. The number of para-hydroxylation sites is 1. The number of ether oxygens (including phenoxy) is 1. The zero-order valence-electron chi connectivity index (χ0n) is 14.9. The van der Waals surface area contributed by atoms with E-state index < -0.39 is 0 Å². The number of nitrogens with one attached hydrogen (secondary N) is 1. The molecular formula is C21H26N2O2. The molecule has 4 heteroatoms. The number of fused-ring (bicyclic) bond motifs is 1. The van der Waals surface area contributed by atoms with Crippen LogP contribution in [0, 0.1) is 0 Å². The number of amides is 1. The van der Waals surface area contributed by atoms with E-state index in [4.69, 9.17) is 4.74 Å². The Hall–Kier alpha value is -2.33. The fourth-order valence-corrected chi connectivity index (χ4v) is 3.33. The summed E-state index contributed by atoms with van der Waals surface area (Å²) in [5, 5.41) is 3.45. The van der Waals surface area contributed by atoms with Crippen molar-refractivity contribution in [1.82, 2.24) is 10.2 Å². The number of hydrogen-bond acceptors (Lipinski definition) is 3. The molecule has 0 saturated heterocycles. The molecule has 2 aromatic carbocycles. The molecule has 0 aromatic heterocycles. The Morgan fingerprint density at radius 3 is 2.48 bits per heavy atom. The molecule has 0 aliphatic carbocycles. The topological polar surface area (TPSA) is 41.6 Å². The largest absolute Gasteiger partial charge is 0.488 e. The zero-order chi connectivity index (χ0) is 17.6. The summed E-state index contributed by atoms with van der Waals surface area (Å²) in [6.45, 7) is 6.10. The molecule has 2 aromatic rings. The van der Waals surface area contributed by atoms with Gasteiger partial charge in [-0.1, -0.05) is 48.5 Å². The molecular weight excluding hydrogens is 312 g/mol. The number of nitrogens with zero attached hydrogens (tertiary/aromatic N) is 1. The molecule has 2 atom stereocenters. The minimum absolute atomic E-state index is 0.0631. The highest BCUT2D eigenvalue weighted by atomic mass is 16.5. The van der Waals surface area contributed by atoms with Gasteiger partial charge in [0, 0.05) is 26.1 Å². The molecule has 0 fully saturated rings. The number of carbonyl (C=O) groups is 1. The predicted octanol–water partition coefficient (Wildman–Crippen LogP) is 3.19. The Morgan fingerprint density at radius 1 is 1.12 bits per heavy atom. The summed E-state index contributed by atoms with van der Waals surface area (Å²) in [6, 6.07) is 17.7. The average molecular weight is 338 g/mol. The Labute approximate surface area is 149 Å². The maximum absolute atomic E-state index is 13.0. The van der Waals surface area contributed by atoms with Crippen molar-refractivity contribution in [2.24, 2.45) is 0 Å². The third-order valence-electron chi connectivity index (χ3n) is 4.72. The second-order valence-corrected chi connectivity index (χ2v) is 6.31. The van der Waals surface area contributed by atoms with Crippen LogP contribution < -0.4 is 10.1 Å². The van der Waals surface area contributed by atoms with Crippen molar-refractivity contribution in [3.05, 3.63) is 65.7 Å². The standard InChI is InChI=1S/C21H26N2O2/c1-3-23(4-2)21(24)20(16-10-6-5-7-11-16)22-15-18-14-17-12-8-9-13-19(17)25-18/h5-13,18,20,22H,3-4,14-15H2,1-2H3. The van der Waals surface area contributed by atoms with Crippen LogP contribution in [0.15, 0.2) is 54.6 Å². The van der Waals surface area contributed by atoms with Crippen LogP contribution in [0.3, 0.4) is 0 Å². The van der Waals surface area contributed by atoms with Crippen LogP contribution in [0.1, 0.15) is 31.0 Å². The summed E-state index contributed by atoms with van der Waals surface area (Å²) in [4.78, 5) is 14.8. The average Bonchev–Trinajstić information content (AvgIpc) is 3.07. The smallest absolute Gasteiger partial charge is 0.244 e. The van der Waals surface area contributed by atoms with Gasteiger partial charge in [-0.3, -0.25) is 10.1 Å². The summed E-state index contributed by atoms with van der Waals surface area (Å²) in [5.74, 6) is 1.08. The first-order valence-electron chi connectivity index (χ1n) is 9.04. The quantitative estimate of drug-likeness (QED) is 0.843. The van der Waals surface area contributed by atoms with Gasteiger partial charge in [0.25, 0.3) is 0 Å². The molecule has 1 aliphatic rings. The van der Waals surface area contributed by atoms with E-state index in [1.165, 1.54) is 5.56 Å². The molecule has 0 radical (unpaired) electrons. The van der Waals surface area contributed by atoms with Crippen molar-refractivity contribution in [2.45, 2.75) is 32.4 Å². The Kier molecular flexibility index (Phi) is 5.71. The maximum Gasteiger partial charge on any atom is 0.244 e. The lowest BCUT2D eigenvalue weighted by atomic mass is 10.0. The van der Waals surface area contributed by atoms with E-state index in [0.29, 0.717) is 19.6 Å². The number of rotatable bonds is 7. The van der Waals surface area contributed by atoms with Crippen LogP contribution in [0.5, 0.6) is 5.75 Å². The van der Waals surface area contributed by atoms with Gasteiger partial charge in [-0.15, -0.1) is 0 Å². The van der Waals surface area contributed by atoms with Gasteiger partial charge in [-0.25, -0.2) is 0 Å². The van der Waals surface area contributed by atoms with Crippen molar-refractivity contribution in [1.29, 1.82) is 0 Å². The fourth-order valence-electron chi connectivity index (χ4n) is 3.33. The zero-order valence-corrected chi connectivity index (χ0v) is 14.9. The molecule has 4 nitrogen and oxygen atoms in total. The second-order valence-electron chi connectivity index (χ2n) is 6.31. The highest BCUT2D eigenvalue weighted by molar-refractivity contribution is 5.83. The first kappa shape index (κ1) is 17.5. The summed E-state index contributed by atoms with van der Waals surface area (Å²) < 4.78 is 6.00. The van der Waals surface area contributed by atoms with Gasteiger partial charge < -0.3 is 9.64 Å². The lowest BCUT2D eigenvalue weighted by Crippen LogP contribution is -2.43. The molecule has 0 spiro atoms. The molecule has 0 bridgehead atoms. The molecule has 0 saturated carbocycles. The Morgan fingerprint density at radius 2 is 1.80 bits per heavy atom. The van der Waals surface area contributed by atoms with Crippen molar-refractivity contribution in [2.75, 3.05) is 19.6 Å². The molecule has 1 amide bonds. The second kappa shape index (κ2) is 8.17. The lowest BCUT2D eigenvalue weighted by Gasteiger charge is -2.27. The van der Waals surface area contributed by atoms with Gasteiger partial charge in [0.2, 0.25) is 5.91 Å². The third kappa shape index (κ3) is 4.02. The Bertz CT molecular complexity index is 673. The third-order valence-corrected chi connectivity index (χ3v) is 4.72. The normalized spacial score (nSPS) is 16.8. The molecule has 1 aliphatic heterocycles. The van der Waals surface area contributed by atoms with E-state index in [0.717, 1.165) is 17.7 Å². The van der Waals surface area contributed by atoms with E-state index in [2.05, 4.69) is 11.4 Å². The van der Waals surface area contributed by atoms with Crippen molar-refractivity contribution in [3.8, 4) is 5.75 Å². The minimum atomic E-state index is -0.339. The Balaban J connectivity index is 1.69. The highest BCUT2D eigenvalue weighted by Gasteiger charge is 2.27. The monoisotopic (exact) mass is 338 g/mol. The van der Waals surface area contributed by atoms with Crippen molar-refractivity contribution >= 4 is 5.91 Å². The van der Waals surface area contributed by atoms with E-state index in [1.807, 2.05) is 67.3 Å². The van der Waals surface area contributed by atoms with Crippen LogP contribution in [0.25, 0.3) is 0 Å². The van der Waals surface area contributed by atoms with E-state index in [-0.39, 0.29) is 18.1 Å². The van der Waals surface area contributed by atoms with Gasteiger partial charge in [-0.05, 0) is 31.0 Å². The number of carbonyl (C=O) groups excluding carboxylic acids is 1. The highest BCUT2D eigenvalue weighted by Crippen LogP contribution is 2.28. The first-order valence-corrected chi connectivity index (χ1v) is 9.04. The lowest BCUT2D eigenvalue weighted by molar-refractivity contribution is -0.133. The maximum atomic E-state index is 13.0. The molecule has 1 N–H and O–H groups in total. The van der Waals surface area contributed by atoms with E-state index in [1.54, 1.807) is 0 Å². The molecule has 3 rings (SSSR count). The summed E-state index contributed by atoms with van der Waals surface area (Å²) >= 11 is 0. The fraction of sp³-hybridized carbons (Fsp3) is 0.381. The summed E-state index contributed by atoms with van der Waals surface area (Å²) in [7, 11) is 0. The predicted molar refractivity (Wildman–Crippen MR) is 99.7 cm³/mol. The van der Waals surface area contributed by atoms with E-state index in [9.17, 15) is 4.79 Å². The summed E-state index contributed by atoms with van der Waals surface area (Å²) in [5.41, 5.74) is 2.23. The number of hydrogen-bond donors (Lipinski definition) is 1. The number of likely N-dealkylation sites (N-methyl/N-ethyl adjacent to an activating group) is 1. The molecule has 25 heavy (non-hydrogen) atoms. The van der Waals surface area contributed by atoms with Gasteiger partial charge in [0.15, 0.2) is 0 Å². The molecule has 1 heterocycles. The SMILES string of the molecule is CCN(CC)C(=O)C(NCC1Cc2ccccc2O1)c1ccccc1. The van der Waals surface area contributed by atoms with Crippen molar-refractivity contribution in [3.63, 3.8) is 0 Å². The van der Waals surface area contributed by atoms with Crippen LogP contribution >= 0.6 is 0 Å². The molecule has 132 valence electrons. The van der Waals surface area contributed by atoms with Gasteiger partial charge >= 0.3 is 0 Å². The van der Waals surface area contributed by atoms with Gasteiger partial charge in [0.1, 0.15) is 17.9 Å². The van der Waals surface area contributed by atoms with Gasteiger partial charge in [-0.2, -0.15) is 0 Å². The van der Waals surface area contributed by atoms with Crippen LogP contribution in [0.2, 0.25) is 0 Å². The minimum Gasteiger partial charge on any atom is -0.488 e. The van der Waals surface area contributed by atoms with Crippen molar-refractivity contribution < 1.29 is 9.53 Å². The molecule has 2 unspecified atom stereocenters. The first-order chi connectivity index (χ1) is 12.2. The van der Waals surface area contributed by atoms with E-state index >= 15 is 0 Å².